The van der Waals surface area contributed by atoms with E-state index in [-0.39, 0.29) is 11.2 Å². The fourth-order valence-corrected chi connectivity index (χ4v) is 2.64. The minimum absolute atomic E-state index is 0.0251. The van der Waals surface area contributed by atoms with Crippen LogP contribution < -0.4 is 0 Å². The Morgan fingerprint density at radius 2 is 2.14 bits per heavy atom. The van der Waals surface area contributed by atoms with E-state index in [0.29, 0.717) is 13.2 Å². The minimum atomic E-state index is -0.828. The van der Waals surface area contributed by atoms with Crippen molar-refractivity contribution < 1.29 is 14.6 Å². The molecule has 0 saturated heterocycles. The third-order valence-corrected chi connectivity index (χ3v) is 3.99. The van der Waals surface area contributed by atoms with E-state index in [4.69, 9.17) is 9.84 Å². The highest BCUT2D eigenvalue weighted by atomic mass is 32.2. The Morgan fingerprint density at radius 1 is 1.43 bits per heavy atom. The summed E-state index contributed by atoms with van der Waals surface area (Å²) >= 11 is 1.26. The van der Waals surface area contributed by atoms with Gasteiger partial charge in [0.25, 0.3) is 0 Å². The lowest BCUT2D eigenvalue weighted by Gasteiger charge is -2.21. The molecule has 0 aromatic carbocycles. The highest BCUT2D eigenvalue weighted by Gasteiger charge is 2.22. The lowest BCUT2D eigenvalue weighted by atomic mass is 9.93. The van der Waals surface area contributed by atoms with Gasteiger partial charge in [-0.05, 0) is 6.42 Å². The smallest absolute Gasteiger partial charge is 0.313 e. The summed E-state index contributed by atoms with van der Waals surface area (Å²) in [4.78, 5) is 15.1. The van der Waals surface area contributed by atoms with Crippen molar-refractivity contribution >= 4 is 17.7 Å². The normalized spacial score (nSPS) is 11.8. The number of aliphatic carboxylic acids is 1. The molecule has 0 amide bonds. The Labute approximate surface area is 131 Å². The molecule has 5 nitrogen and oxygen atoms in total. The van der Waals surface area contributed by atoms with E-state index < -0.39 is 5.97 Å². The number of ether oxygens (including phenoxy) is 1. The van der Waals surface area contributed by atoms with Gasteiger partial charge >= 0.3 is 5.97 Å². The zero-order valence-corrected chi connectivity index (χ0v) is 14.2. The number of hydrogen-bond donors (Lipinski definition) is 1. The van der Waals surface area contributed by atoms with Crippen LogP contribution in [0.3, 0.4) is 0 Å². The molecule has 0 aliphatic heterocycles. The molecule has 6 heteroatoms. The van der Waals surface area contributed by atoms with Crippen molar-refractivity contribution in [3.63, 3.8) is 0 Å². The SMILES string of the molecule is CCCCOCCn1c(C(C)(C)C)cnc1SCC(=O)O. The number of thioether (sulfide) groups is 1. The first-order valence-electron chi connectivity index (χ1n) is 7.34. The van der Waals surface area contributed by atoms with Gasteiger partial charge in [-0.2, -0.15) is 0 Å². The van der Waals surface area contributed by atoms with E-state index in [9.17, 15) is 4.79 Å². The Kier molecular flexibility index (Phi) is 7.25. The van der Waals surface area contributed by atoms with Crippen molar-refractivity contribution in [1.29, 1.82) is 0 Å². The molecule has 21 heavy (non-hydrogen) atoms. The van der Waals surface area contributed by atoms with E-state index in [0.717, 1.165) is 30.3 Å². The van der Waals surface area contributed by atoms with Gasteiger partial charge in [0.1, 0.15) is 0 Å². The number of rotatable bonds is 9. The van der Waals surface area contributed by atoms with E-state index >= 15 is 0 Å². The summed E-state index contributed by atoms with van der Waals surface area (Å²) in [7, 11) is 0. The number of imidazole rings is 1. The molecule has 0 saturated carbocycles. The van der Waals surface area contributed by atoms with E-state index in [1.165, 1.54) is 11.8 Å². The predicted molar refractivity (Wildman–Crippen MR) is 85.0 cm³/mol. The predicted octanol–water partition coefficient (Wildman–Crippen LogP) is 3.17. The average molecular weight is 314 g/mol. The van der Waals surface area contributed by atoms with Crippen LogP contribution in [0.2, 0.25) is 0 Å². The van der Waals surface area contributed by atoms with Crippen LogP contribution >= 0.6 is 11.8 Å². The number of nitrogens with zero attached hydrogens (tertiary/aromatic N) is 2. The van der Waals surface area contributed by atoms with Gasteiger partial charge < -0.3 is 14.4 Å². The second-order valence-electron chi connectivity index (χ2n) is 5.98. The molecule has 0 bridgehead atoms. The van der Waals surface area contributed by atoms with Crippen LogP contribution in [-0.2, 0) is 21.5 Å². The average Bonchev–Trinajstić information content (AvgIpc) is 2.79. The first-order valence-corrected chi connectivity index (χ1v) is 8.33. The molecule has 0 atom stereocenters. The monoisotopic (exact) mass is 314 g/mol. The summed E-state index contributed by atoms with van der Waals surface area (Å²) in [5.74, 6) is -0.803. The molecule has 0 radical (unpaired) electrons. The molecule has 1 aromatic heterocycles. The maximum atomic E-state index is 10.7. The fourth-order valence-electron chi connectivity index (χ4n) is 1.92. The maximum Gasteiger partial charge on any atom is 0.313 e. The Balaban J connectivity index is 2.74. The van der Waals surface area contributed by atoms with Crippen molar-refractivity contribution in [2.75, 3.05) is 19.0 Å². The van der Waals surface area contributed by atoms with Crippen LogP contribution in [-0.4, -0.2) is 39.6 Å². The number of carboxylic acid groups (broad SMARTS) is 1. The van der Waals surface area contributed by atoms with Crippen LogP contribution in [0.25, 0.3) is 0 Å². The molecule has 1 aromatic rings. The van der Waals surface area contributed by atoms with Crippen molar-refractivity contribution in [1.82, 2.24) is 9.55 Å². The lowest BCUT2D eigenvalue weighted by molar-refractivity contribution is -0.133. The summed E-state index contributed by atoms with van der Waals surface area (Å²) in [5.41, 5.74) is 1.08. The van der Waals surface area contributed by atoms with E-state index in [1.807, 2.05) is 6.20 Å². The molecule has 0 fully saturated rings. The first-order chi connectivity index (χ1) is 9.86. The second kappa shape index (κ2) is 8.44. The topological polar surface area (TPSA) is 64.4 Å². The number of carboxylic acids is 1. The van der Waals surface area contributed by atoms with E-state index in [1.54, 1.807) is 0 Å². The molecule has 0 spiro atoms. The molecule has 0 aliphatic rings. The summed E-state index contributed by atoms with van der Waals surface area (Å²) in [6.45, 7) is 10.6. The van der Waals surface area contributed by atoms with Crippen molar-refractivity contribution in [3.05, 3.63) is 11.9 Å². The third-order valence-electron chi connectivity index (χ3n) is 3.01. The van der Waals surface area contributed by atoms with Crippen LogP contribution in [0.1, 0.15) is 46.2 Å². The Morgan fingerprint density at radius 3 is 2.71 bits per heavy atom. The van der Waals surface area contributed by atoms with Gasteiger partial charge in [0.05, 0.1) is 12.4 Å². The lowest BCUT2D eigenvalue weighted by Crippen LogP contribution is -2.20. The van der Waals surface area contributed by atoms with Gasteiger partial charge in [-0.3, -0.25) is 4.79 Å². The molecule has 1 heterocycles. The zero-order chi connectivity index (χ0) is 15.9. The minimum Gasteiger partial charge on any atom is -0.481 e. The summed E-state index contributed by atoms with van der Waals surface area (Å²) in [5, 5.41) is 9.57. The van der Waals surface area contributed by atoms with Crippen molar-refractivity contribution in [2.45, 2.75) is 57.7 Å². The molecule has 0 unspecified atom stereocenters. The van der Waals surface area contributed by atoms with Crippen LogP contribution in [0, 0.1) is 0 Å². The third kappa shape index (κ3) is 6.09. The summed E-state index contributed by atoms with van der Waals surface area (Å²) in [6.07, 6.45) is 4.03. The number of unbranched alkanes of at least 4 members (excludes halogenated alkanes) is 1. The first kappa shape index (κ1) is 18.0. The van der Waals surface area contributed by atoms with E-state index in [2.05, 4.69) is 37.2 Å². The van der Waals surface area contributed by atoms with Crippen molar-refractivity contribution in [2.24, 2.45) is 0 Å². The standard InChI is InChI=1S/C15H26N2O3S/c1-5-6-8-20-9-7-17-12(15(2,3)4)10-16-14(17)21-11-13(18)19/h10H,5-9,11H2,1-4H3,(H,18,19). The van der Waals surface area contributed by atoms with Gasteiger partial charge in [0.15, 0.2) is 5.16 Å². The van der Waals surface area contributed by atoms with Crippen LogP contribution in [0.4, 0.5) is 0 Å². The summed E-state index contributed by atoms with van der Waals surface area (Å²) < 4.78 is 7.70. The van der Waals surface area contributed by atoms with Gasteiger partial charge in [0, 0.05) is 30.5 Å². The highest BCUT2D eigenvalue weighted by molar-refractivity contribution is 7.99. The Hall–Kier alpha value is -1.01. The van der Waals surface area contributed by atoms with Crippen molar-refractivity contribution in [3.8, 4) is 0 Å². The number of aromatic nitrogens is 2. The largest absolute Gasteiger partial charge is 0.481 e. The van der Waals surface area contributed by atoms with Gasteiger partial charge in [0.2, 0.25) is 0 Å². The molecular formula is C15H26N2O3S. The van der Waals surface area contributed by atoms with Crippen LogP contribution in [0.15, 0.2) is 11.4 Å². The van der Waals surface area contributed by atoms with Gasteiger partial charge in [-0.25, -0.2) is 4.98 Å². The number of carbonyl (C=O) groups is 1. The quantitative estimate of drug-likeness (QED) is 0.560. The molecule has 0 aliphatic carbocycles. The van der Waals surface area contributed by atoms with Gasteiger partial charge in [-0.15, -0.1) is 0 Å². The Bertz CT molecular complexity index is 452. The molecule has 1 N–H and O–H groups in total. The zero-order valence-electron chi connectivity index (χ0n) is 13.4. The second-order valence-corrected chi connectivity index (χ2v) is 6.92. The van der Waals surface area contributed by atoms with Gasteiger partial charge in [-0.1, -0.05) is 45.9 Å². The summed E-state index contributed by atoms with van der Waals surface area (Å²) in [6, 6.07) is 0. The van der Waals surface area contributed by atoms with Crippen LogP contribution in [0.5, 0.6) is 0 Å². The molecule has 120 valence electrons. The number of hydrogen-bond acceptors (Lipinski definition) is 4. The molecular weight excluding hydrogens is 288 g/mol. The molecule has 1 rings (SSSR count). The highest BCUT2D eigenvalue weighted by Crippen LogP contribution is 2.27. The maximum absolute atomic E-state index is 10.7. The fraction of sp³-hybridized carbons (Fsp3) is 0.733.